The average molecular weight is 196 g/mol. The van der Waals surface area contributed by atoms with Crippen LogP contribution in [0.3, 0.4) is 0 Å². The zero-order valence-corrected chi connectivity index (χ0v) is 7.88. The number of aromatic nitrogens is 1. The van der Waals surface area contributed by atoms with Crippen LogP contribution in [-0.2, 0) is 0 Å². The summed E-state index contributed by atoms with van der Waals surface area (Å²) in [6, 6.07) is 0. The van der Waals surface area contributed by atoms with Gasteiger partial charge in [0.15, 0.2) is 0 Å². The van der Waals surface area contributed by atoms with Crippen LogP contribution in [0.2, 0.25) is 5.02 Å². The lowest BCUT2D eigenvalue weighted by molar-refractivity contribution is 0.777. The van der Waals surface area contributed by atoms with Crippen molar-refractivity contribution in [2.24, 2.45) is 0 Å². The van der Waals surface area contributed by atoms with Crippen LogP contribution >= 0.6 is 11.6 Å². The predicted molar refractivity (Wildman–Crippen MR) is 55.0 cm³/mol. The van der Waals surface area contributed by atoms with Crippen molar-refractivity contribution in [2.45, 2.75) is 0 Å². The first-order valence-electron chi connectivity index (χ1n) is 3.99. The number of nitrogen functional groups attached to an aromatic ring is 1. The van der Waals surface area contributed by atoms with E-state index in [4.69, 9.17) is 17.3 Å². The second kappa shape index (κ2) is 2.92. The molecule has 0 radical (unpaired) electrons. The van der Waals surface area contributed by atoms with Crippen LogP contribution < -0.4 is 10.6 Å². The summed E-state index contributed by atoms with van der Waals surface area (Å²) in [5.74, 6) is 0. The van der Waals surface area contributed by atoms with Crippen molar-refractivity contribution in [3.8, 4) is 0 Å². The van der Waals surface area contributed by atoms with Crippen LogP contribution in [0.4, 0.5) is 11.4 Å². The normalized spacial score (nSPS) is 15.8. The van der Waals surface area contributed by atoms with Gasteiger partial charge in [0.1, 0.15) is 0 Å². The molecule has 0 aromatic carbocycles. The van der Waals surface area contributed by atoms with E-state index in [9.17, 15) is 0 Å². The molecule has 0 amide bonds. The Morgan fingerprint density at radius 3 is 2.69 bits per heavy atom. The fourth-order valence-electron chi connectivity index (χ4n) is 1.43. The lowest BCUT2D eigenvalue weighted by Gasteiger charge is -2.36. The van der Waals surface area contributed by atoms with E-state index in [1.807, 2.05) is 0 Å². The van der Waals surface area contributed by atoms with Gasteiger partial charge in [-0.1, -0.05) is 18.2 Å². The van der Waals surface area contributed by atoms with Crippen molar-refractivity contribution in [1.29, 1.82) is 0 Å². The zero-order chi connectivity index (χ0) is 9.42. The molecule has 13 heavy (non-hydrogen) atoms. The first kappa shape index (κ1) is 8.38. The molecule has 1 aliphatic heterocycles. The van der Waals surface area contributed by atoms with Gasteiger partial charge in [-0.2, -0.15) is 0 Å². The maximum absolute atomic E-state index is 5.97. The molecule has 1 saturated heterocycles. The summed E-state index contributed by atoms with van der Waals surface area (Å²) in [5.41, 5.74) is 8.46. The minimum absolute atomic E-state index is 0.604. The SMILES string of the molecule is C=C1CN(c2c(N)cncc2Cl)C1. The summed E-state index contributed by atoms with van der Waals surface area (Å²) in [4.78, 5) is 5.98. The van der Waals surface area contributed by atoms with Gasteiger partial charge in [-0.15, -0.1) is 0 Å². The Morgan fingerprint density at radius 2 is 2.15 bits per heavy atom. The van der Waals surface area contributed by atoms with Gasteiger partial charge < -0.3 is 10.6 Å². The van der Waals surface area contributed by atoms with Crippen molar-refractivity contribution in [2.75, 3.05) is 23.7 Å². The second-order valence-corrected chi connectivity index (χ2v) is 3.57. The van der Waals surface area contributed by atoms with Crippen molar-refractivity contribution < 1.29 is 0 Å². The van der Waals surface area contributed by atoms with Crippen LogP contribution in [0, 0.1) is 0 Å². The first-order chi connectivity index (χ1) is 6.18. The van der Waals surface area contributed by atoms with E-state index in [0.717, 1.165) is 18.8 Å². The Morgan fingerprint density at radius 1 is 1.46 bits per heavy atom. The highest BCUT2D eigenvalue weighted by Gasteiger charge is 2.22. The molecule has 2 rings (SSSR count). The van der Waals surface area contributed by atoms with E-state index < -0.39 is 0 Å². The number of nitrogens with zero attached hydrogens (tertiary/aromatic N) is 2. The van der Waals surface area contributed by atoms with E-state index in [1.165, 1.54) is 5.57 Å². The Bertz CT molecular complexity index is 334. The van der Waals surface area contributed by atoms with Gasteiger partial charge in [-0.05, 0) is 5.57 Å². The molecular weight excluding hydrogens is 186 g/mol. The number of nitrogens with two attached hydrogens (primary N) is 1. The summed E-state index contributed by atoms with van der Waals surface area (Å²) in [7, 11) is 0. The third kappa shape index (κ3) is 1.35. The number of pyridine rings is 1. The number of hydrogen-bond acceptors (Lipinski definition) is 3. The van der Waals surface area contributed by atoms with E-state index in [-0.39, 0.29) is 0 Å². The summed E-state index contributed by atoms with van der Waals surface area (Å²) in [6.45, 7) is 5.54. The van der Waals surface area contributed by atoms with Gasteiger partial charge in [0, 0.05) is 19.3 Å². The molecular formula is C9H10ClN3. The minimum Gasteiger partial charge on any atom is -0.396 e. The number of halogens is 1. The third-order valence-corrected chi connectivity index (χ3v) is 2.32. The predicted octanol–water partition coefficient (Wildman–Crippen LogP) is 1.69. The number of hydrogen-bond donors (Lipinski definition) is 1. The van der Waals surface area contributed by atoms with Gasteiger partial charge >= 0.3 is 0 Å². The fourth-order valence-corrected chi connectivity index (χ4v) is 1.71. The second-order valence-electron chi connectivity index (χ2n) is 3.17. The average Bonchev–Trinajstić information content (AvgIpc) is 2.00. The van der Waals surface area contributed by atoms with Gasteiger partial charge in [0.25, 0.3) is 0 Å². The molecule has 1 fully saturated rings. The maximum atomic E-state index is 5.97. The lowest BCUT2D eigenvalue weighted by atomic mass is 10.1. The lowest BCUT2D eigenvalue weighted by Crippen LogP contribution is -2.40. The first-order valence-corrected chi connectivity index (χ1v) is 4.37. The largest absolute Gasteiger partial charge is 0.396 e. The van der Waals surface area contributed by atoms with Gasteiger partial charge in [-0.3, -0.25) is 4.98 Å². The van der Waals surface area contributed by atoms with Crippen molar-refractivity contribution >= 4 is 23.0 Å². The highest BCUT2D eigenvalue weighted by Crippen LogP contribution is 2.34. The Hall–Kier alpha value is -1.22. The van der Waals surface area contributed by atoms with Crippen LogP contribution in [0.25, 0.3) is 0 Å². The van der Waals surface area contributed by atoms with Crippen LogP contribution in [-0.4, -0.2) is 18.1 Å². The molecule has 1 aromatic heterocycles. The van der Waals surface area contributed by atoms with Gasteiger partial charge in [-0.25, -0.2) is 0 Å². The summed E-state index contributed by atoms with van der Waals surface area (Å²) < 4.78 is 0. The van der Waals surface area contributed by atoms with Gasteiger partial charge in [0.05, 0.1) is 22.6 Å². The molecule has 2 heterocycles. The molecule has 0 unspecified atom stereocenters. The molecule has 0 aliphatic carbocycles. The smallest absolute Gasteiger partial charge is 0.0844 e. The quantitative estimate of drug-likeness (QED) is 0.694. The summed E-state index contributed by atoms with van der Waals surface area (Å²) >= 11 is 5.97. The monoisotopic (exact) mass is 195 g/mol. The summed E-state index contributed by atoms with van der Waals surface area (Å²) in [5, 5.41) is 0.604. The fraction of sp³-hybridized carbons (Fsp3) is 0.222. The highest BCUT2D eigenvalue weighted by molar-refractivity contribution is 6.33. The van der Waals surface area contributed by atoms with E-state index >= 15 is 0 Å². The van der Waals surface area contributed by atoms with Crippen LogP contribution in [0.1, 0.15) is 0 Å². The zero-order valence-electron chi connectivity index (χ0n) is 7.13. The standard InChI is InChI=1S/C9H10ClN3/c1-6-4-13(5-6)9-7(10)2-12-3-8(9)11/h2-3H,1,4-5,11H2. The Labute approximate surface area is 81.8 Å². The van der Waals surface area contributed by atoms with E-state index in [0.29, 0.717) is 10.7 Å². The Kier molecular flexibility index (Phi) is 1.88. The van der Waals surface area contributed by atoms with Crippen molar-refractivity contribution in [3.63, 3.8) is 0 Å². The molecule has 0 bridgehead atoms. The maximum Gasteiger partial charge on any atom is 0.0844 e. The minimum atomic E-state index is 0.604. The van der Waals surface area contributed by atoms with Crippen LogP contribution in [0.5, 0.6) is 0 Å². The molecule has 0 spiro atoms. The molecule has 0 atom stereocenters. The van der Waals surface area contributed by atoms with Crippen molar-refractivity contribution in [1.82, 2.24) is 4.98 Å². The van der Waals surface area contributed by atoms with Crippen LogP contribution in [0.15, 0.2) is 24.5 Å². The highest BCUT2D eigenvalue weighted by atomic mass is 35.5. The molecule has 4 heteroatoms. The molecule has 1 aliphatic rings. The molecule has 2 N–H and O–H groups in total. The molecule has 3 nitrogen and oxygen atoms in total. The topological polar surface area (TPSA) is 42.1 Å². The van der Waals surface area contributed by atoms with Gasteiger partial charge in [0.2, 0.25) is 0 Å². The van der Waals surface area contributed by atoms with E-state index in [2.05, 4.69) is 16.5 Å². The summed E-state index contributed by atoms with van der Waals surface area (Å²) in [6.07, 6.45) is 3.22. The third-order valence-electron chi connectivity index (χ3n) is 2.05. The number of rotatable bonds is 1. The Balaban J connectivity index is 2.34. The van der Waals surface area contributed by atoms with E-state index in [1.54, 1.807) is 12.4 Å². The molecule has 0 saturated carbocycles. The number of anilines is 2. The molecule has 68 valence electrons. The van der Waals surface area contributed by atoms with Crippen molar-refractivity contribution in [3.05, 3.63) is 29.6 Å². The molecule has 1 aromatic rings.